The maximum absolute atomic E-state index is 13.2. The van der Waals surface area contributed by atoms with Crippen LogP contribution in [0.15, 0.2) is 66.7 Å². The summed E-state index contributed by atoms with van der Waals surface area (Å²) in [6, 6.07) is 16.8. The minimum absolute atomic E-state index is 0.0159. The van der Waals surface area contributed by atoms with Gasteiger partial charge in [-0.05, 0) is 17.7 Å². The van der Waals surface area contributed by atoms with Crippen molar-refractivity contribution < 1.29 is 14.2 Å². The molecule has 154 valence electrons. The van der Waals surface area contributed by atoms with Crippen LogP contribution in [0.5, 0.6) is 0 Å². The number of nitrogens with zero attached hydrogens (tertiary/aromatic N) is 4. The molecular weight excluding hydrogens is 405 g/mol. The molecule has 3 aromatic carbocycles. The van der Waals surface area contributed by atoms with Gasteiger partial charge >= 0.3 is 5.69 Å². The molecular formula is C21H14FN5O4. The normalized spacial score (nSPS) is 10.7. The standard InChI is InChI=1S/C21H14FN5O4/c22-15-8-6-13(7-9-15)12-23-21-19(14-4-2-1-3-5-14)25-20-17(24-21)10-16(26(28)29)11-18(20)27(30)31/h1-11H,12H2,(H,23,24). The van der Waals surface area contributed by atoms with Gasteiger partial charge in [0.1, 0.15) is 17.0 Å². The Kier molecular flexibility index (Phi) is 5.19. The largest absolute Gasteiger partial charge is 0.364 e. The Morgan fingerprint density at radius 2 is 1.61 bits per heavy atom. The number of nitro benzene ring substituents is 2. The first-order valence-corrected chi connectivity index (χ1v) is 9.10. The fourth-order valence-corrected chi connectivity index (χ4v) is 3.08. The lowest BCUT2D eigenvalue weighted by molar-refractivity contribution is -0.393. The van der Waals surface area contributed by atoms with Crippen molar-refractivity contribution in [2.75, 3.05) is 5.32 Å². The Morgan fingerprint density at radius 1 is 0.903 bits per heavy atom. The average Bonchev–Trinajstić information content (AvgIpc) is 2.77. The van der Waals surface area contributed by atoms with E-state index in [1.165, 1.54) is 12.1 Å². The van der Waals surface area contributed by atoms with Crippen molar-refractivity contribution >= 4 is 28.2 Å². The first-order valence-electron chi connectivity index (χ1n) is 9.10. The number of halogens is 1. The lowest BCUT2D eigenvalue weighted by Gasteiger charge is -2.12. The van der Waals surface area contributed by atoms with Gasteiger partial charge in [0.2, 0.25) is 0 Å². The molecule has 0 fully saturated rings. The Balaban J connectivity index is 1.88. The summed E-state index contributed by atoms with van der Waals surface area (Å²) in [6.07, 6.45) is 0. The molecule has 0 saturated heterocycles. The van der Waals surface area contributed by atoms with Gasteiger partial charge in [-0.3, -0.25) is 20.2 Å². The summed E-state index contributed by atoms with van der Waals surface area (Å²) in [5.41, 5.74) is 0.791. The van der Waals surface area contributed by atoms with Gasteiger partial charge in [-0.1, -0.05) is 42.5 Å². The number of aromatic nitrogens is 2. The summed E-state index contributed by atoms with van der Waals surface area (Å²) in [7, 11) is 0. The van der Waals surface area contributed by atoms with Gasteiger partial charge in [0, 0.05) is 18.2 Å². The van der Waals surface area contributed by atoms with Gasteiger partial charge in [0.25, 0.3) is 5.69 Å². The number of fused-ring (bicyclic) bond motifs is 1. The predicted octanol–water partition coefficient (Wildman–Crippen LogP) is 4.86. The Hall–Kier alpha value is -4.47. The Bertz CT molecular complexity index is 1300. The smallest absolute Gasteiger partial charge is 0.303 e. The number of rotatable bonds is 6. The van der Waals surface area contributed by atoms with E-state index in [1.54, 1.807) is 36.4 Å². The Labute approximate surface area is 174 Å². The highest BCUT2D eigenvalue weighted by Gasteiger charge is 2.23. The second-order valence-corrected chi connectivity index (χ2v) is 6.61. The zero-order valence-electron chi connectivity index (χ0n) is 15.9. The van der Waals surface area contributed by atoms with Crippen LogP contribution < -0.4 is 5.32 Å². The number of non-ortho nitro benzene ring substituents is 2. The summed E-state index contributed by atoms with van der Waals surface area (Å²) in [5.74, 6) is -0.0725. The third kappa shape index (κ3) is 4.13. The predicted molar refractivity (Wildman–Crippen MR) is 112 cm³/mol. The monoisotopic (exact) mass is 419 g/mol. The van der Waals surface area contributed by atoms with E-state index in [9.17, 15) is 24.6 Å². The fourth-order valence-electron chi connectivity index (χ4n) is 3.08. The van der Waals surface area contributed by atoms with Crippen LogP contribution in [0.4, 0.5) is 21.6 Å². The lowest BCUT2D eigenvalue weighted by Crippen LogP contribution is -2.06. The quantitative estimate of drug-likeness (QED) is 0.349. The number of nitro groups is 2. The molecule has 10 heteroatoms. The van der Waals surface area contributed by atoms with Crippen LogP contribution in [0.3, 0.4) is 0 Å². The van der Waals surface area contributed by atoms with E-state index in [0.29, 0.717) is 11.3 Å². The first kappa shape index (κ1) is 19.8. The highest BCUT2D eigenvalue weighted by molar-refractivity contribution is 5.91. The second kappa shape index (κ2) is 8.11. The van der Waals surface area contributed by atoms with Crippen LogP contribution >= 0.6 is 0 Å². The zero-order chi connectivity index (χ0) is 22.0. The number of benzene rings is 3. The van der Waals surface area contributed by atoms with Crippen molar-refractivity contribution in [1.29, 1.82) is 0 Å². The third-order valence-corrected chi connectivity index (χ3v) is 4.56. The number of anilines is 1. The van der Waals surface area contributed by atoms with Gasteiger partial charge in [0.05, 0.1) is 15.9 Å². The van der Waals surface area contributed by atoms with Crippen molar-refractivity contribution in [2.24, 2.45) is 0 Å². The third-order valence-electron chi connectivity index (χ3n) is 4.56. The van der Waals surface area contributed by atoms with Gasteiger partial charge in [-0.15, -0.1) is 0 Å². The topological polar surface area (TPSA) is 124 Å². The molecule has 1 heterocycles. The second-order valence-electron chi connectivity index (χ2n) is 6.61. The molecule has 4 aromatic rings. The van der Waals surface area contributed by atoms with E-state index in [4.69, 9.17) is 0 Å². The maximum atomic E-state index is 13.2. The van der Waals surface area contributed by atoms with E-state index < -0.39 is 21.2 Å². The molecule has 0 atom stereocenters. The molecule has 31 heavy (non-hydrogen) atoms. The van der Waals surface area contributed by atoms with Gasteiger partial charge in [-0.25, -0.2) is 14.4 Å². The minimum atomic E-state index is -0.718. The van der Waals surface area contributed by atoms with Crippen LogP contribution in [0, 0.1) is 26.0 Å². The van der Waals surface area contributed by atoms with E-state index in [-0.39, 0.29) is 29.2 Å². The highest BCUT2D eigenvalue weighted by atomic mass is 19.1. The van der Waals surface area contributed by atoms with Crippen molar-refractivity contribution in [1.82, 2.24) is 9.97 Å². The summed E-state index contributed by atoms with van der Waals surface area (Å²) < 4.78 is 13.2. The molecule has 1 N–H and O–H groups in total. The molecule has 4 rings (SSSR count). The molecule has 0 unspecified atom stereocenters. The van der Waals surface area contributed by atoms with Crippen molar-refractivity contribution in [3.63, 3.8) is 0 Å². The van der Waals surface area contributed by atoms with E-state index in [2.05, 4.69) is 15.3 Å². The average molecular weight is 419 g/mol. The number of hydrogen-bond acceptors (Lipinski definition) is 7. The molecule has 0 aliphatic carbocycles. The zero-order valence-corrected chi connectivity index (χ0v) is 15.9. The molecule has 0 bridgehead atoms. The van der Waals surface area contributed by atoms with E-state index >= 15 is 0 Å². The summed E-state index contributed by atoms with van der Waals surface area (Å²) in [6.45, 7) is 0.275. The number of hydrogen-bond donors (Lipinski definition) is 1. The molecule has 0 spiro atoms. The number of nitrogens with one attached hydrogen (secondary N) is 1. The SMILES string of the molecule is O=[N+]([O-])c1cc([N+](=O)[O-])c2nc(-c3ccccc3)c(NCc3ccc(F)cc3)nc2c1. The molecule has 0 aliphatic heterocycles. The summed E-state index contributed by atoms with van der Waals surface area (Å²) >= 11 is 0. The van der Waals surface area contributed by atoms with Crippen molar-refractivity contribution in [3.05, 3.63) is 98.3 Å². The summed E-state index contributed by atoms with van der Waals surface area (Å²) in [4.78, 5) is 30.2. The highest BCUT2D eigenvalue weighted by Crippen LogP contribution is 2.33. The van der Waals surface area contributed by atoms with Crippen LogP contribution in [0.2, 0.25) is 0 Å². The molecule has 0 saturated carbocycles. The molecule has 9 nitrogen and oxygen atoms in total. The summed E-state index contributed by atoms with van der Waals surface area (Å²) in [5, 5.41) is 25.9. The molecule has 0 radical (unpaired) electrons. The Morgan fingerprint density at radius 3 is 2.26 bits per heavy atom. The fraction of sp³-hybridized carbons (Fsp3) is 0.0476. The van der Waals surface area contributed by atoms with E-state index in [1.807, 2.05) is 6.07 Å². The van der Waals surface area contributed by atoms with Crippen molar-refractivity contribution in [3.8, 4) is 11.3 Å². The minimum Gasteiger partial charge on any atom is -0.364 e. The molecule has 0 aliphatic rings. The maximum Gasteiger partial charge on any atom is 0.303 e. The van der Waals surface area contributed by atoms with Crippen LogP contribution in [-0.2, 0) is 6.54 Å². The van der Waals surface area contributed by atoms with Crippen LogP contribution in [-0.4, -0.2) is 19.8 Å². The van der Waals surface area contributed by atoms with Gasteiger partial charge < -0.3 is 5.32 Å². The van der Waals surface area contributed by atoms with Crippen LogP contribution in [0.25, 0.3) is 22.3 Å². The van der Waals surface area contributed by atoms with Crippen LogP contribution in [0.1, 0.15) is 5.56 Å². The molecule has 1 aromatic heterocycles. The molecule has 0 amide bonds. The van der Waals surface area contributed by atoms with Gasteiger partial charge in [-0.2, -0.15) is 0 Å². The lowest BCUT2D eigenvalue weighted by atomic mass is 10.1. The van der Waals surface area contributed by atoms with Crippen molar-refractivity contribution in [2.45, 2.75) is 6.54 Å². The van der Waals surface area contributed by atoms with E-state index in [0.717, 1.165) is 17.7 Å². The van der Waals surface area contributed by atoms with Gasteiger partial charge in [0.15, 0.2) is 11.3 Å². The first-order chi connectivity index (χ1) is 14.9.